The molecule has 2 nitrogen and oxygen atoms in total. The molecule has 86 valence electrons. The van der Waals surface area contributed by atoms with Crippen LogP contribution >= 0.6 is 11.3 Å². The normalized spacial score (nSPS) is 11.2. The number of para-hydroxylation sites is 1. The number of H-pyrrole nitrogens is 1. The topological polar surface area (TPSA) is 41.8 Å². The van der Waals surface area contributed by atoms with Gasteiger partial charge >= 0.3 is 0 Å². The molecule has 0 aliphatic carbocycles. The fraction of sp³-hybridized carbons (Fsp3) is 0.143. The summed E-state index contributed by atoms with van der Waals surface area (Å²) in [6, 6.07) is 8.40. The molecule has 0 spiro atoms. The molecule has 0 aliphatic heterocycles. The van der Waals surface area contributed by atoms with Crippen LogP contribution in [0.3, 0.4) is 0 Å². The highest BCUT2D eigenvalue weighted by Crippen LogP contribution is 2.35. The van der Waals surface area contributed by atoms with Crippen LogP contribution < -0.4 is 5.73 Å². The highest BCUT2D eigenvalue weighted by atomic mass is 32.1. The molecule has 0 fully saturated rings. The Kier molecular flexibility index (Phi) is 2.50. The zero-order chi connectivity index (χ0) is 11.8. The monoisotopic (exact) mass is 242 g/mol. The average Bonchev–Trinajstić information content (AvgIpc) is 2.90. The number of hydrogen-bond donors (Lipinski definition) is 2. The third-order valence-electron chi connectivity index (χ3n) is 3.12. The Morgan fingerprint density at radius 3 is 2.88 bits per heavy atom. The maximum atomic E-state index is 5.79. The van der Waals surface area contributed by atoms with Crippen molar-refractivity contribution in [1.82, 2.24) is 4.98 Å². The SMILES string of the molecule is Cc1[nH]c2ccccc2c1-c1cscc1CN. The number of nitrogens with two attached hydrogens (primary N) is 1. The summed E-state index contributed by atoms with van der Waals surface area (Å²) in [6.45, 7) is 2.71. The van der Waals surface area contributed by atoms with Gasteiger partial charge in [-0.2, -0.15) is 11.3 Å². The number of fused-ring (bicyclic) bond motifs is 1. The summed E-state index contributed by atoms with van der Waals surface area (Å²) < 4.78 is 0. The molecular weight excluding hydrogens is 228 g/mol. The quantitative estimate of drug-likeness (QED) is 0.707. The molecule has 0 aliphatic rings. The highest BCUT2D eigenvalue weighted by molar-refractivity contribution is 7.08. The third-order valence-corrected chi connectivity index (χ3v) is 3.92. The van der Waals surface area contributed by atoms with Gasteiger partial charge in [0.1, 0.15) is 0 Å². The molecule has 0 saturated heterocycles. The summed E-state index contributed by atoms with van der Waals surface area (Å²) >= 11 is 1.71. The van der Waals surface area contributed by atoms with E-state index in [-0.39, 0.29) is 0 Å². The van der Waals surface area contributed by atoms with Gasteiger partial charge in [0.25, 0.3) is 0 Å². The van der Waals surface area contributed by atoms with E-state index in [0.29, 0.717) is 6.54 Å². The Labute approximate surface area is 104 Å². The minimum atomic E-state index is 0.595. The van der Waals surface area contributed by atoms with Crippen LogP contribution in [0.15, 0.2) is 35.0 Å². The minimum Gasteiger partial charge on any atom is -0.358 e. The van der Waals surface area contributed by atoms with Crippen molar-refractivity contribution in [2.45, 2.75) is 13.5 Å². The molecule has 0 atom stereocenters. The van der Waals surface area contributed by atoms with Gasteiger partial charge in [-0.15, -0.1) is 0 Å². The largest absolute Gasteiger partial charge is 0.358 e. The first kappa shape index (κ1) is 10.6. The average molecular weight is 242 g/mol. The lowest BCUT2D eigenvalue weighted by Gasteiger charge is -2.02. The second-order valence-electron chi connectivity index (χ2n) is 4.19. The summed E-state index contributed by atoms with van der Waals surface area (Å²) in [6.07, 6.45) is 0. The first-order chi connectivity index (χ1) is 8.31. The Morgan fingerprint density at radius 2 is 2.06 bits per heavy atom. The molecule has 0 saturated carbocycles. The van der Waals surface area contributed by atoms with Crippen molar-refractivity contribution in [3.63, 3.8) is 0 Å². The molecule has 2 heterocycles. The van der Waals surface area contributed by atoms with Crippen LogP contribution in [0.4, 0.5) is 0 Å². The van der Waals surface area contributed by atoms with E-state index in [1.165, 1.54) is 33.3 Å². The Hall–Kier alpha value is -1.58. The van der Waals surface area contributed by atoms with E-state index in [9.17, 15) is 0 Å². The number of benzene rings is 1. The molecule has 17 heavy (non-hydrogen) atoms. The Bertz CT molecular complexity index is 664. The van der Waals surface area contributed by atoms with E-state index in [0.717, 1.165) is 0 Å². The van der Waals surface area contributed by atoms with Crippen molar-refractivity contribution >= 4 is 22.2 Å². The van der Waals surface area contributed by atoms with Gasteiger partial charge in [0.2, 0.25) is 0 Å². The van der Waals surface area contributed by atoms with Crippen LogP contribution in [0.5, 0.6) is 0 Å². The number of aromatic amines is 1. The number of nitrogens with one attached hydrogen (secondary N) is 1. The van der Waals surface area contributed by atoms with Crippen molar-refractivity contribution in [2.75, 3.05) is 0 Å². The van der Waals surface area contributed by atoms with Gasteiger partial charge in [0.15, 0.2) is 0 Å². The molecule has 3 rings (SSSR count). The van der Waals surface area contributed by atoms with E-state index < -0.39 is 0 Å². The molecule has 3 heteroatoms. The smallest absolute Gasteiger partial charge is 0.0462 e. The standard InChI is InChI=1S/C14H14N2S/c1-9-14(12-8-17-7-10(12)6-15)11-4-2-3-5-13(11)16-9/h2-5,7-8,16H,6,15H2,1H3. The summed E-state index contributed by atoms with van der Waals surface area (Å²) in [5.41, 5.74) is 12.0. The van der Waals surface area contributed by atoms with Crippen LogP contribution in [-0.4, -0.2) is 4.98 Å². The lowest BCUT2D eigenvalue weighted by Crippen LogP contribution is -1.96. The number of aromatic nitrogens is 1. The predicted octanol–water partition coefficient (Wildman–Crippen LogP) is 3.66. The summed E-state index contributed by atoms with van der Waals surface area (Å²) in [4.78, 5) is 3.43. The van der Waals surface area contributed by atoms with Crippen LogP contribution in [0.25, 0.3) is 22.0 Å². The lowest BCUT2D eigenvalue weighted by atomic mass is 10.0. The Balaban J connectivity index is 2.33. The molecule has 0 unspecified atom stereocenters. The lowest BCUT2D eigenvalue weighted by molar-refractivity contribution is 1.08. The van der Waals surface area contributed by atoms with Gasteiger partial charge in [-0.1, -0.05) is 18.2 Å². The van der Waals surface area contributed by atoms with Gasteiger partial charge < -0.3 is 10.7 Å². The van der Waals surface area contributed by atoms with Crippen LogP contribution in [0.1, 0.15) is 11.3 Å². The second kappa shape index (κ2) is 4.02. The molecule has 3 aromatic rings. The second-order valence-corrected chi connectivity index (χ2v) is 4.93. The van der Waals surface area contributed by atoms with Crippen LogP contribution in [-0.2, 0) is 6.54 Å². The van der Waals surface area contributed by atoms with Crippen molar-refractivity contribution in [3.05, 3.63) is 46.3 Å². The predicted molar refractivity (Wildman–Crippen MR) is 74.2 cm³/mol. The Morgan fingerprint density at radius 1 is 1.24 bits per heavy atom. The first-order valence-electron chi connectivity index (χ1n) is 5.64. The number of aryl methyl sites for hydroxylation is 1. The molecule has 3 N–H and O–H groups in total. The number of rotatable bonds is 2. The number of thiophene rings is 1. The van der Waals surface area contributed by atoms with E-state index in [1.54, 1.807) is 11.3 Å². The first-order valence-corrected chi connectivity index (χ1v) is 6.58. The summed E-state index contributed by atoms with van der Waals surface area (Å²) in [5.74, 6) is 0. The molecule has 1 aromatic carbocycles. The highest BCUT2D eigenvalue weighted by Gasteiger charge is 2.13. The summed E-state index contributed by atoms with van der Waals surface area (Å²) in [7, 11) is 0. The van der Waals surface area contributed by atoms with E-state index in [4.69, 9.17) is 5.73 Å². The zero-order valence-corrected chi connectivity index (χ0v) is 10.5. The third kappa shape index (κ3) is 1.59. The maximum absolute atomic E-state index is 5.79. The van der Waals surface area contributed by atoms with Crippen molar-refractivity contribution < 1.29 is 0 Å². The van der Waals surface area contributed by atoms with Gasteiger partial charge in [-0.3, -0.25) is 0 Å². The minimum absolute atomic E-state index is 0.595. The molecule has 2 aromatic heterocycles. The fourth-order valence-electron chi connectivity index (χ4n) is 2.32. The molecule has 0 amide bonds. The van der Waals surface area contributed by atoms with Crippen molar-refractivity contribution in [3.8, 4) is 11.1 Å². The van der Waals surface area contributed by atoms with Crippen molar-refractivity contribution in [1.29, 1.82) is 0 Å². The van der Waals surface area contributed by atoms with Crippen molar-refractivity contribution in [2.24, 2.45) is 5.73 Å². The number of hydrogen-bond acceptors (Lipinski definition) is 2. The van der Waals surface area contributed by atoms with Gasteiger partial charge in [-0.05, 0) is 34.9 Å². The van der Waals surface area contributed by atoms with E-state index >= 15 is 0 Å². The maximum Gasteiger partial charge on any atom is 0.0462 e. The fourth-order valence-corrected chi connectivity index (χ4v) is 3.19. The van der Waals surface area contributed by atoms with Gasteiger partial charge in [0, 0.05) is 28.7 Å². The zero-order valence-electron chi connectivity index (χ0n) is 9.66. The summed E-state index contributed by atoms with van der Waals surface area (Å²) in [5, 5.41) is 5.60. The van der Waals surface area contributed by atoms with Crippen LogP contribution in [0, 0.1) is 6.92 Å². The van der Waals surface area contributed by atoms with Gasteiger partial charge in [-0.25, -0.2) is 0 Å². The van der Waals surface area contributed by atoms with E-state index in [1.807, 2.05) is 0 Å². The van der Waals surface area contributed by atoms with Gasteiger partial charge in [0.05, 0.1) is 0 Å². The molecule has 0 bridgehead atoms. The van der Waals surface area contributed by atoms with E-state index in [2.05, 4.69) is 46.9 Å². The van der Waals surface area contributed by atoms with Crippen LogP contribution in [0.2, 0.25) is 0 Å². The molecule has 0 radical (unpaired) electrons. The molecular formula is C14H14N2S.